The van der Waals surface area contributed by atoms with E-state index in [1.165, 1.54) is 5.56 Å². The van der Waals surface area contributed by atoms with Crippen molar-refractivity contribution in [3.05, 3.63) is 35.4 Å². The Morgan fingerprint density at radius 2 is 2.00 bits per heavy atom. The van der Waals surface area contributed by atoms with Gasteiger partial charge in [0.15, 0.2) is 0 Å². The molecule has 0 spiro atoms. The first-order chi connectivity index (χ1) is 11.6. The zero-order chi connectivity index (χ0) is 16.9. The van der Waals surface area contributed by atoms with Gasteiger partial charge in [0.1, 0.15) is 0 Å². The number of halogens is 1. The number of likely N-dealkylation sites (tertiary alicyclic amines) is 1. The number of hydrogen-bond donors (Lipinski definition) is 3. The van der Waals surface area contributed by atoms with E-state index < -0.39 is 0 Å². The van der Waals surface area contributed by atoms with Crippen LogP contribution < -0.4 is 16.4 Å². The summed E-state index contributed by atoms with van der Waals surface area (Å²) < 4.78 is 0. The van der Waals surface area contributed by atoms with Crippen molar-refractivity contribution < 1.29 is 9.59 Å². The number of amides is 2. The van der Waals surface area contributed by atoms with Crippen molar-refractivity contribution in [3.8, 4) is 0 Å². The molecule has 1 unspecified atom stereocenters. The molecular weight excluding hydrogens is 340 g/mol. The van der Waals surface area contributed by atoms with Gasteiger partial charge in [-0.25, -0.2) is 0 Å². The molecule has 6 nitrogen and oxygen atoms in total. The fraction of sp³-hybridized carbons (Fsp3) is 0.556. The van der Waals surface area contributed by atoms with Crippen LogP contribution in [0.3, 0.4) is 0 Å². The van der Waals surface area contributed by atoms with Crippen LogP contribution in [0.1, 0.15) is 24.0 Å². The van der Waals surface area contributed by atoms with Gasteiger partial charge in [0, 0.05) is 32.7 Å². The Morgan fingerprint density at radius 3 is 2.68 bits per heavy atom. The van der Waals surface area contributed by atoms with Gasteiger partial charge in [0.05, 0.1) is 11.8 Å². The minimum absolute atomic E-state index is 0. The largest absolute Gasteiger partial charge is 0.369 e. The maximum absolute atomic E-state index is 11.9. The molecular formula is C18H27ClN4O2. The molecule has 0 saturated carbocycles. The predicted molar refractivity (Wildman–Crippen MR) is 99.1 cm³/mol. The molecule has 2 heterocycles. The number of piperidine rings is 1. The molecule has 2 aliphatic rings. The van der Waals surface area contributed by atoms with Crippen LogP contribution in [0.2, 0.25) is 0 Å². The Kier molecular flexibility index (Phi) is 7.23. The van der Waals surface area contributed by atoms with Crippen molar-refractivity contribution in [2.45, 2.75) is 25.9 Å². The van der Waals surface area contributed by atoms with Gasteiger partial charge in [0.25, 0.3) is 0 Å². The highest BCUT2D eigenvalue weighted by molar-refractivity contribution is 5.85. The maximum atomic E-state index is 11.9. The molecule has 7 heteroatoms. The molecule has 138 valence electrons. The molecule has 1 atom stereocenters. The van der Waals surface area contributed by atoms with Crippen LogP contribution in [0.5, 0.6) is 0 Å². The average Bonchev–Trinajstić information content (AvgIpc) is 2.52. The van der Waals surface area contributed by atoms with Crippen LogP contribution in [0.4, 0.5) is 0 Å². The van der Waals surface area contributed by atoms with Gasteiger partial charge in [-0.05, 0) is 30.5 Å². The highest BCUT2D eigenvalue weighted by Gasteiger charge is 2.25. The third kappa shape index (κ3) is 5.42. The predicted octanol–water partition coefficient (Wildman–Crippen LogP) is 0.641. The topological polar surface area (TPSA) is 87.5 Å². The van der Waals surface area contributed by atoms with E-state index in [4.69, 9.17) is 5.73 Å². The number of carbonyl (C=O) groups excluding carboxylic acids is 2. The third-order valence-electron chi connectivity index (χ3n) is 4.92. The molecule has 0 aromatic heterocycles. The Bertz CT molecular complexity index is 606. The molecule has 2 aliphatic heterocycles. The maximum Gasteiger partial charge on any atom is 0.225 e. The summed E-state index contributed by atoms with van der Waals surface area (Å²) in [7, 11) is 0. The monoisotopic (exact) mass is 366 g/mol. The van der Waals surface area contributed by atoms with Gasteiger partial charge in [-0.3, -0.25) is 14.5 Å². The van der Waals surface area contributed by atoms with Gasteiger partial charge in [0.2, 0.25) is 11.8 Å². The SMILES string of the molecule is Cl.NC(=O)C1CCCN(Cc2cccc(CNC(=O)C3CNC3)c2)C1. The summed E-state index contributed by atoms with van der Waals surface area (Å²) in [6, 6.07) is 8.28. The van der Waals surface area contributed by atoms with E-state index in [1.807, 2.05) is 12.1 Å². The standard InChI is InChI=1S/C18H26N4O2.ClH/c19-17(23)15-5-2-6-22(12-15)11-14-4-1-3-13(7-14)8-21-18(24)16-9-20-10-16;/h1,3-4,7,15-16,20H,2,5-6,8-12H2,(H2,19,23)(H,21,24);1H. The molecule has 2 saturated heterocycles. The van der Waals surface area contributed by atoms with Gasteiger partial charge in [-0.1, -0.05) is 24.3 Å². The first-order valence-corrected chi connectivity index (χ1v) is 8.70. The van der Waals surface area contributed by atoms with Crippen molar-refractivity contribution in [2.75, 3.05) is 26.2 Å². The molecule has 2 fully saturated rings. The van der Waals surface area contributed by atoms with Gasteiger partial charge >= 0.3 is 0 Å². The minimum Gasteiger partial charge on any atom is -0.369 e. The van der Waals surface area contributed by atoms with E-state index in [0.29, 0.717) is 6.54 Å². The van der Waals surface area contributed by atoms with Crippen LogP contribution in [-0.2, 0) is 22.7 Å². The van der Waals surface area contributed by atoms with Crippen molar-refractivity contribution in [3.63, 3.8) is 0 Å². The number of benzene rings is 1. The van der Waals surface area contributed by atoms with Crippen molar-refractivity contribution >= 4 is 24.2 Å². The smallest absolute Gasteiger partial charge is 0.225 e. The van der Waals surface area contributed by atoms with Crippen molar-refractivity contribution in [1.82, 2.24) is 15.5 Å². The lowest BCUT2D eigenvalue weighted by Gasteiger charge is -2.31. The van der Waals surface area contributed by atoms with Crippen LogP contribution >= 0.6 is 12.4 Å². The summed E-state index contributed by atoms with van der Waals surface area (Å²) in [5.74, 6) is 0.0192. The summed E-state index contributed by atoms with van der Waals surface area (Å²) >= 11 is 0. The highest BCUT2D eigenvalue weighted by Crippen LogP contribution is 2.18. The van der Waals surface area contributed by atoms with E-state index >= 15 is 0 Å². The van der Waals surface area contributed by atoms with E-state index in [9.17, 15) is 9.59 Å². The molecule has 0 aliphatic carbocycles. The molecule has 25 heavy (non-hydrogen) atoms. The minimum atomic E-state index is -0.193. The van der Waals surface area contributed by atoms with Gasteiger partial charge in [-0.15, -0.1) is 12.4 Å². The van der Waals surface area contributed by atoms with Crippen molar-refractivity contribution in [2.24, 2.45) is 17.6 Å². The fourth-order valence-corrected chi connectivity index (χ4v) is 3.34. The molecule has 1 aromatic carbocycles. The second kappa shape index (κ2) is 9.17. The van der Waals surface area contributed by atoms with E-state index in [1.54, 1.807) is 0 Å². The number of primary amides is 1. The summed E-state index contributed by atoms with van der Waals surface area (Å²) in [5, 5.41) is 6.11. The Balaban J connectivity index is 0.00000225. The molecule has 0 radical (unpaired) electrons. The molecule has 4 N–H and O–H groups in total. The van der Waals surface area contributed by atoms with Crippen LogP contribution in [0, 0.1) is 11.8 Å². The first kappa shape index (κ1) is 19.7. The zero-order valence-electron chi connectivity index (χ0n) is 14.4. The second-order valence-electron chi connectivity index (χ2n) is 6.87. The normalized spacial score (nSPS) is 21.0. The number of nitrogens with one attached hydrogen (secondary N) is 2. The first-order valence-electron chi connectivity index (χ1n) is 8.70. The second-order valence-corrected chi connectivity index (χ2v) is 6.87. The number of rotatable bonds is 6. The Hall–Kier alpha value is -1.63. The van der Waals surface area contributed by atoms with Crippen LogP contribution in [0.25, 0.3) is 0 Å². The van der Waals surface area contributed by atoms with Crippen LogP contribution in [-0.4, -0.2) is 42.9 Å². The van der Waals surface area contributed by atoms with E-state index in [0.717, 1.165) is 51.1 Å². The molecule has 0 bridgehead atoms. The van der Waals surface area contributed by atoms with E-state index in [-0.39, 0.29) is 36.1 Å². The lowest BCUT2D eigenvalue weighted by molar-refractivity contribution is -0.126. The summed E-state index contributed by atoms with van der Waals surface area (Å²) in [6.45, 7) is 4.68. The highest BCUT2D eigenvalue weighted by atomic mass is 35.5. The lowest BCUT2D eigenvalue weighted by Crippen LogP contribution is -2.50. The Morgan fingerprint density at radius 1 is 1.24 bits per heavy atom. The number of nitrogens with zero attached hydrogens (tertiary/aromatic N) is 1. The van der Waals surface area contributed by atoms with E-state index in [2.05, 4.69) is 27.7 Å². The quantitative estimate of drug-likeness (QED) is 0.689. The summed E-state index contributed by atoms with van der Waals surface area (Å²) in [4.78, 5) is 25.6. The fourth-order valence-electron chi connectivity index (χ4n) is 3.34. The number of carbonyl (C=O) groups is 2. The summed E-state index contributed by atoms with van der Waals surface area (Å²) in [5.41, 5.74) is 7.76. The zero-order valence-corrected chi connectivity index (χ0v) is 15.2. The van der Waals surface area contributed by atoms with Gasteiger partial charge < -0.3 is 16.4 Å². The average molecular weight is 367 g/mol. The molecule has 3 rings (SSSR count). The Labute approximate surface area is 154 Å². The molecule has 2 amide bonds. The van der Waals surface area contributed by atoms with Crippen LogP contribution in [0.15, 0.2) is 24.3 Å². The molecule has 1 aromatic rings. The van der Waals surface area contributed by atoms with Crippen molar-refractivity contribution in [1.29, 1.82) is 0 Å². The summed E-state index contributed by atoms with van der Waals surface area (Å²) in [6.07, 6.45) is 1.91. The third-order valence-corrected chi connectivity index (χ3v) is 4.92. The number of hydrogen-bond acceptors (Lipinski definition) is 4. The van der Waals surface area contributed by atoms with Gasteiger partial charge in [-0.2, -0.15) is 0 Å². The number of nitrogens with two attached hydrogens (primary N) is 1. The lowest BCUT2D eigenvalue weighted by atomic mass is 9.97.